The second-order valence-corrected chi connectivity index (χ2v) is 7.70. The number of hydrogen-bond donors (Lipinski definition) is 0. The average molecular weight is 336 g/mol. The molecular weight excluding hydrogens is 320 g/mol. The van der Waals surface area contributed by atoms with Gasteiger partial charge in [0.1, 0.15) is 0 Å². The second kappa shape index (κ2) is 6.98. The van der Waals surface area contributed by atoms with Crippen molar-refractivity contribution in [1.82, 2.24) is 0 Å². The molecule has 0 fully saturated rings. The van der Waals surface area contributed by atoms with Crippen LogP contribution in [0.25, 0.3) is 0 Å². The molecule has 6 heteroatoms. The van der Waals surface area contributed by atoms with Crippen LogP contribution in [0.1, 0.15) is 15.9 Å². The van der Waals surface area contributed by atoms with Gasteiger partial charge in [-0.2, -0.15) is 0 Å². The van der Waals surface area contributed by atoms with Gasteiger partial charge in [0.05, 0.1) is 17.6 Å². The molecule has 0 heterocycles. The maximum atomic E-state index is 11.8. The van der Waals surface area contributed by atoms with Crippen LogP contribution in [0, 0.1) is 0 Å². The number of rotatable bonds is 5. The molecule has 2 rings (SSSR count). The molecule has 0 saturated heterocycles. The largest absolute Gasteiger partial charge is 0.465 e. The Balaban J connectivity index is 2.13. The minimum atomic E-state index is -3.24. The minimum absolute atomic E-state index is 0.339. The Bertz CT molecular complexity index is 765. The minimum Gasteiger partial charge on any atom is -0.465 e. The van der Waals surface area contributed by atoms with Gasteiger partial charge in [-0.3, -0.25) is 0 Å². The van der Waals surface area contributed by atoms with Crippen LogP contribution in [-0.2, 0) is 20.3 Å². The molecule has 0 amide bonds. The third kappa shape index (κ3) is 4.11. The summed E-state index contributed by atoms with van der Waals surface area (Å²) in [5.74, 6) is 0.246. The maximum Gasteiger partial charge on any atom is 0.337 e. The van der Waals surface area contributed by atoms with E-state index >= 15 is 0 Å². The van der Waals surface area contributed by atoms with Crippen LogP contribution >= 0.6 is 11.8 Å². The van der Waals surface area contributed by atoms with Gasteiger partial charge in [0, 0.05) is 16.9 Å². The molecule has 0 aliphatic rings. The molecule has 22 heavy (non-hydrogen) atoms. The molecular formula is C16H16O4S2. The first-order valence-electron chi connectivity index (χ1n) is 6.51. The van der Waals surface area contributed by atoms with Crippen molar-refractivity contribution in [2.45, 2.75) is 15.5 Å². The molecule has 0 aliphatic heterocycles. The Labute approximate surface area is 134 Å². The lowest BCUT2D eigenvalue weighted by atomic mass is 10.1. The number of benzene rings is 2. The fourth-order valence-corrected chi connectivity index (χ4v) is 4.18. The van der Waals surface area contributed by atoms with Crippen molar-refractivity contribution in [3.05, 3.63) is 59.7 Å². The first kappa shape index (κ1) is 16.6. The van der Waals surface area contributed by atoms with Crippen LogP contribution in [0.15, 0.2) is 58.3 Å². The lowest BCUT2D eigenvalue weighted by Crippen LogP contribution is -2.01. The Kier molecular flexibility index (Phi) is 5.26. The van der Waals surface area contributed by atoms with Crippen LogP contribution in [0.2, 0.25) is 0 Å². The number of methoxy groups -OCH3 is 1. The van der Waals surface area contributed by atoms with Gasteiger partial charge in [-0.1, -0.05) is 24.3 Å². The van der Waals surface area contributed by atoms with Crippen LogP contribution in [-0.4, -0.2) is 27.8 Å². The Morgan fingerprint density at radius 3 is 2.32 bits per heavy atom. The van der Waals surface area contributed by atoms with Gasteiger partial charge in [0.2, 0.25) is 0 Å². The zero-order valence-corrected chi connectivity index (χ0v) is 13.9. The summed E-state index contributed by atoms with van der Waals surface area (Å²) >= 11 is 1.45. The van der Waals surface area contributed by atoms with E-state index in [9.17, 15) is 13.2 Å². The first-order chi connectivity index (χ1) is 10.4. The van der Waals surface area contributed by atoms with E-state index in [0.717, 1.165) is 10.5 Å². The van der Waals surface area contributed by atoms with Crippen molar-refractivity contribution in [2.24, 2.45) is 0 Å². The molecule has 0 bridgehead atoms. The number of ether oxygens (including phenoxy) is 1. The highest BCUT2D eigenvalue weighted by Crippen LogP contribution is 2.29. The topological polar surface area (TPSA) is 60.4 Å². The van der Waals surface area contributed by atoms with Crippen LogP contribution < -0.4 is 0 Å². The Morgan fingerprint density at radius 1 is 1.09 bits per heavy atom. The predicted molar refractivity (Wildman–Crippen MR) is 86.9 cm³/mol. The molecule has 0 unspecified atom stereocenters. The summed E-state index contributed by atoms with van der Waals surface area (Å²) in [6.45, 7) is 0. The normalized spacial score (nSPS) is 11.2. The van der Waals surface area contributed by atoms with Crippen LogP contribution in [0.4, 0.5) is 0 Å². The van der Waals surface area contributed by atoms with E-state index in [-0.39, 0.29) is 5.97 Å². The number of thioether (sulfide) groups is 1. The number of sulfone groups is 1. The molecule has 0 saturated carbocycles. The average Bonchev–Trinajstić information content (AvgIpc) is 2.52. The van der Waals surface area contributed by atoms with Crippen LogP contribution in [0.3, 0.4) is 0 Å². The van der Waals surface area contributed by atoms with E-state index in [1.807, 2.05) is 18.2 Å². The second-order valence-electron chi connectivity index (χ2n) is 4.70. The smallest absolute Gasteiger partial charge is 0.337 e. The molecule has 116 valence electrons. The molecule has 2 aromatic carbocycles. The molecule has 0 atom stereocenters. The summed E-state index contributed by atoms with van der Waals surface area (Å²) in [5, 5.41) is 0. The summed E-state index contributed by atoms with van der Waals surface area (Å²) in [4.78, 5) is 12.4. The Hall–Kier alpha value is -1.79. The number of carbonyl (C=O) groups excluding carboxylic acids is 1. The van der Waals surface area contributed by atoms with Gasteiger partial charge in [0.25, 0.3) is 0 Å². The first-order valence-corrected chi connectivity index (χ1v) is 9.38. The zero-order chi connectivity index (χ0) is 16.2. The third-order valence-electron chi connectivity index (χ3n) is 3.02. The fourth-order valence-electron chi connectivity index (χ4n) is 1.89. The van der Waals surface area contributed by atoms with Gasteiger partial charge in [0.15, 0.2) is 9.84 Å². The van der Waals surface area contributed by atoms with Crippen molar-refractivity contribution in [3.63, 3.8) is 0 Å². The van der Waals surface area contributed by atoms with Gasteiger partial charge in [-0.15, -0.1) is 11.8 Å². The van der Waals surface area contributed by atoms with Crippen LogP contribution in [0.5, 0.6) is 0 Å². The van der Waals surface area contributed by atoms with E-state index in [1.54, 1.807) is 30.3 Å². The molecule has 0 aliphatic carbocycles. The van der Waals surface area contributed by atoms with Gasteiger partial charge in [-0.25, -0.2) is 13.2 Å². The lowest BCUT2D eigenvalue weighted by molar-refractivity contribution is 0.0600. The van der Waals surface area contributed by atoms with Gasteiger partial charge in [-0.05, 0) is 29.8 Å². The molecule has 0 aromatic heterocycles. The summed E-state index contributed by atoms with van der Waals surface area (Å²) < 4.78 is 28.2. The number of esters is 1. The summed E-state index contributed by atoms with van der Waals surface area (Å²) in [6.07, 6.45) is 1.21. The van der Waals surface area contributed by atoms with Crippen molar-refractivity contribution in [2.75, 3.05) is 13.4 Å². The molecule has 0 spiro atoms. The van der Waals surface area contributed by atoms with E-state index < -0.39 is 9.84 Å². The molecule has 4 nitrogen and oxygen atoms in total. The fraction of sp³-hybridized carbons (Fsp3) is 0.188. The summed E-state index contributed by atoms with van der Waals surface area (Å²) in [6, 6.07) is 14.0. The number of hydrogen-bond acceptors (Lipinski definition) is 5. The highest BCUT2D eigenvalue weighted by atomic mass is 32.2. The summed E-state index contributed by atoms with van der Waals surface area (Å²) in [5.41, 5.74) is 1.49. The zero-order valence-electron chi connectivity index (χ0n) is 12.3. The Morgan fingerprint density at radius 2 is 1.73 bits per heavy atom. The predicted octanol–water partition coefficient (Wildman–Crippen LogP) is 3.17. The standard InChI is InChI=1S/C16H16O4S2/c1-20-16(17)13-9-7-12(8-10-13)11-21-14-5-3-4-6-15(14)22(2,18)19/h3-10H,11H2,1-2H3. The molecule has 2 aromatic rings. The van der Waals surface area contributed by atoms with Crippen molar-refractivity contribution >= 4 is 27.6 Å². The third-order valence-corrected chi connectivity index (χ3v) is 5.45. The number of carbonyl (C=O) groups is 1. The monoisotopic (exact) mass is 336 g/mol. The van der Waals surface area contributed by atoms with Gasteiger partial charge < -0.3 is 4.74 Å². The lowest BCUT2D eigenvalue weighted by Gasteiger charge is -2.08. The molecule has 0 radical (unpaired) electrons. The van der Waals surface area contributed by atoms with Gasteiger partial charge >= 0.3 is 5.97 Å². The highest BCUT2D eigenvalue weighted by molar-refractivity contribution is 7.99. The van der Waals surface area contributed by atoms with Crippen molar-refractivity contribution < 1.29 is 17.9 Å². The quantitative estimate of drug-likeness (QED) is 0.620. The highest BCUT2D eigenvalue weighted by Gasteiger charge is 2.13. The summed E-state index contributed by atoms with van der Waals surface area (Å²) in [7, 11) is -1.90. The molecule has 0 N–H and O–H groups in total. The van der Waals surface area contributed by atoms with E-state index in [0.29, 0.717) is 16.2 Å². The van der Waals surface area contributed by atoms with E-state index in [4.69, 9.17) is 0 Å². The van der Waals surface area contributed by atoms with E-state index in [1.165, 1.54) is 25.1 Å². The van der Waals surface area contributed by atoms with Crippen molar-refractivity contribution in [3.8, 4) is 0 Å². The maximum absolute atomic E-state index is 11.8. The van der Waals surface area contributed by atoms with Crippen molar-refractivity contribution in [1.29, 1.82) is 0 Å². The SMILES string of the molecule is COC(=O)c1ccc(CSc2ccccc2S(C)(=O)=O)cc1. The van der Waals surface area contributed by atoms with E-state index in [2.05, 4.69) is 4.74 Å².